The van der Waals surface area contributed by atoms with Crippen LogP contribution in [-0.2, 0) is 16.6 Å². The molecule has 12 nitrogen and oxygen atoms in total. The highest BCUT2D eigenvalue weighted by atomic mass is 32.2. The SMILES string of the molecule is CC1(C)CC2CNCCn3ccc(n3)S(=O)(=O)NC(=O)c3ccc(-n4ccc(OCCCC5(C(F)(F)F)CC5)n4)nc3N1C2. The minimum Gasteiger partial charge on any atom is -0.477 e. The molecule has 0 aromatic carbocycles. The van der Waals surface area contributed by atoms with E-state index >= 15 is 0 Å². The molecule has 4 bridgehead atoms. The summed E-state index contributed by atoms with van der Waals surface area (Å²) in [7, 11) is -4.25. The van der Waals surface area contributed by atoms with Gasteiger partial charge in [-0.25, -0.2) is 14.4 Å². The number of amides is 1. The molecule has 1 unspecified atom stereocenters. The summed E-state index contributed by atoms with van der Waals surface area (Å²) in [4.78, 5) is 20.3. The van der Waals surface area contributed by atoms with E-state index in [0.29, 0.717) is 31.3 Å². The van der Waals surface area contributed by atoms with Gasteiger partial charge in [-0.3, -0.25) is 9.48 Å². The first-order valence-corrected chi connectivity index (χ1v) is 16.1. The third kappa shape index (κ3) is 6.01. The van der Waals surface area contributed by atoms with Gasteiger partial charge in [0.25, 0.3) is 15.9 Å². The minimum atomic E-state index is -4.25. The van der Waals surface area contributed by atoms with Crippen LogP contribution in [0.3, 0.4) is 0 Å². The van der Waals surface area contributed by atoms with Gasteiger partial charge in [0.1, 0.15) is 5.82 Å². The summed E-state index contributed by atoms with van der Waals surface area (Å²) in [5.41, 5.74) is -1.89. The fourth-order valence-corrected chi connectivity index (χ4v) is 7.02. The maximum Gasteiger partial charge on any atom is 0.394 e. The van der Waals surface area contributed by atoms with Crippen molar-refractivity contribution in [1.82, 2.24) is 34.6 Å². The fraction of sp³-hybridized carbons (Fsp3) is 0.571. The lowest BCUT2D eigenvalue weighted by Gasteiger charge is -2.33. The lowest BCUT2D eigenvalue weighted by molar-refractivity contribution is -0.189. The number of rotatable bonds is 6. The molecule has 0 spiro atoms. The lowest BCUT2D eigenvalue weighted by Crippen LogP contribution is -2.41. The van der Waals surface area contributed by atoms with Gasteiger partial charge in [0.2, 0.25) is 5.88 Å². The average Bonchev–Trinajstić information content (AvgIpc) is 3.26. The van der Waals surface area contributed by atoms with Crippen LogP contribution in [0.4, 0.5) is 19.0 Å². The molecule has 2 N–H and O–H groups in total. The normalized spacial score (nSPS) is 22.4. The zero-order chi connectivity index (χ0) is 31.3. The van der Waals surface area contributed by atoms with Crippen molar-refractivity contribution in [1.29, 1.82) is 0 Å². The molecular formula is C28H35F3N8O4S. The Bertz CT molecular complexity index is 1650. The number of hydrogen-bond acceptors (Lipinski definition) is 9. The van der Waals surface area contributed by atoms with Crippen LogP contribution in [0, 0.1) is 11.3 Å². The van der Waals surface area contributed by atoms with Gasteiger partial charge in [-0.15, -0.1) is 5.10 Å². The predicted molar refractivity (Wildman–Crippen MR) is 153 cm³/mol. The lowest BCUT2D eigenvalue weighted by atomic mass is 9.96. The molecule has 44 heavy (non-hydrogen) atoms. The number of fused-ring (bicyclic) bond motifs is 6. The monoisotopic (exact) mass is 636 g/mol. The molecule has 3 aromatic heterocycles. The van der Waals surface area contributed by atoms with Crippen molar-refractivity contribution in [2.45, 2.75) is 69.2 Å². The molecular weight excluding hydrogens is 601 g/mol. The molecule has 5 heterocycles. The number of halogens is 3. The largest absolute Gasteiger partial charge is 0.477 e. The molecule has 3 aliphatic rings. The van der Waals surface area contributed by atoms with Gasteiger partial charge in [-0.1, -0.05) is 0 Å². The Hall–Kier alpha value is -3.66. The number of hydrogen-bond donors (Lipinski definition) is 2. The molecule has 1 amide bonds. The van der Waals surface area contributed by atoms with Crippen LogP contribution >= 0.6 is 0 Å². The zero-order valence-corrected chi connectivity index (χ0v) is 25.3. The number of aromatic nitrogens is 5. The van der Waals surface area contributed by atoms with E-state index in [4.69, 9.17) is 9.72 Å². The standard InChI is InChI=1S/C28H35F3N8O4S/c1-26(2)16-19-17-32-11-14-37-12-7-23(35-37)44(41,42)36-25(40)20-4-5-21(33-24(20)38(26)18-19)39-13-6-22(34-39)43-15-3-8-27(9-10-27)28(29,30)31/h4-7,12-13,19,32H,3,8-11,14-18H2,1-2H3,(H,36,40). The van der Waals surface area contributed by atoms with Gasteiger partial charge in [0.15, 0.2) is 10.8 Å². The van der Waals surface area contributed by atoms with Crippen molar-refractivity contribution in [3.05, 3.63) is 42.2 Å². The van der Waals surface area contributed by atoms with E-state index in [2.05, 4.69) is 34.1 Å². The summed E-state index contributed by atoms with van der Waals surface area (Å²) >= 11 is 0. The number of pyridine rings is 1. The van der Waals surface area contributed by atoms with Gasteiger partial charge in [-0.2, -0.15) is 26.7 Å². The van der Waals surface area contributed by atoms with Crippen molar-refractivity contribution in [2.24, 2.45) is 11.3 Å². The molecule has 0 radical (unpaired) electrons. The second kappa shape index (κ2) is 11.1. The van der Waals surface area contributed by atoms with Crippen LogP contribution in [0.2, 0.25) is 0 Å². The highest BCUT2D eigenvalue weighted by Gasteiger charge is 2.62. The highest BCUT2D eigenvalue weighted by molar-refractivity contribution is 7.90. The molecule has 16 heteroatoms. The quantitative estimate of drug-likeness (QED) is 0.391. The maximum absolute atomic E-state index is 13.5. The first-order chi connectivity index (χ1) is 20.8. The van der Waals surface area contributed by atoms with Crippen molar-refractivity contribution in [2.75, 3.05) is 31.1 Å². The van der Waals surface area contributed by atoms with Gasteiger partial charge in [0, 0.05) is 37.1 Å². The molecule has 238 valence electrons. The number of sulfonamides is 1. The number of ether oxygens (including phenoxy) is 1. The number of anilines is 1. The van der Waals surface area contributed by atoms with E-state index in [0.717, 1.165) is 13.0 Å². The number of nitrogens with one attached hydrogen (secondary N) is 2. The van der Waals surface area contributed by atoms with Crippen LogP contribution < -0.4 is 19.7 Å². The molecule has 2 fully saturated rings. The van der Waals surface area contributed by atoms with Crippen molar-refractivity contribution in [3.63, 3.8) is 0 Å². The second-order valence-electron chi connectivity index (χ2n) is 12.4. The van der Waals surface area contributed by atoms with Crippen molar-refractivity contribution < 1.29 is 31.1 Å². The van der Waals surface area contributed by atoms with Crippen LogP contribution in [0.5, 0.6) is 5.88 Å². The maximum atomic E-state index is 13.5. The third-order valence-corrected chi connectivity index (χ3v) is 9.92. The van der Waals surface area contributed by atoms with E-state index < -0.39 is 33.1 Å². The summed E-state index contributed by atoms with van der Waals surface area (Å²) in [6.45, 7) is 6.57. The number of alkyl halides is 3. The summed E-state index contributed by atoms with van der Waals surface area (Å²) in [5.74, 6) is 0.304. The molecule has 3 aromatic rings. The third-order valence-electron chi connectivity index (χ3n) is 8.69. The predicted octanol–water partition coefficient (Wildman–Crippen LogP) is 3.29. The summed E-state index contributed by atoms with van der Waals surface area (Å²) in [6.07, 6.45) is 0.382. The first kappa shape index (κ1) is 30.4. The Balaban J connectivity index is 1.25. The number of carbonyl (C=O) groups excluding carboxylic acids is 1. The van der Waals surface area contributed by atoms with Crippen LogP contribution in [0.15, 0.2) is 41.7 Å². The van der Waals surface area contributed by atoms with Crippen LogP contribution in [0.25, 0.3) is 5.82 Å². The first-order valence-electron chi connectivity index (χ1n) is 14.6. The Labute approximate surface area is 253 Å². The molecule has 1 aliphatic carbocycles. The molecule has 1 saturated carbocycles. The van der Waals surface area contributed by atoms with Crippen molar-refractivity contribution >= 4 is 21.7 Å². The molecule has 6 rings (SSSR count). The topological polar surface area (TPSA) is 136 Å². The van der Waals surface area contributed by atoms with E-state index in [1.54, 1.807) is 24.5 Å². The van der Waals surface area contributed by atoms with Crippen LogP contribution in [0.1, 0.15) is 56.3 Å². The van der Waals surface area contributed by atoms with E-state index in [9.17, 15) is 26.4 Å². The van der Waals surface area contributed by atoms with E-state index in [1.165, 1.54) is 21.5 Å². The summed E-state index contributed by atoms with van der Waals surface area (Å²) in [5, 5.41) is 11.7. The Morgan fingerprint density at radius 3 is 2.66 bits per heavy atom. The average molecular weight is 637 g/mol. The Morgan fingerprint density at radius 2 is 1.91 bits per heavy atom. The molecule has 1 atom stereocenters. The van der Waals surface area contributed by atoms with Gasteiger partial charge < -0.3 is 15.0 Å². The molecule has 2 aliphatic heterocycles. The smallest absolute Gasteiger partial charge is 0.394 e. The highest BCUT2D eigenvalue weighted by Crippen LogP contribution is 2.60. The van der Waals surface area contributed by atoms with Gasteiger partial charge in [0.05, 0.1) is 24.1 Å². The van der Waals surface area contributed by atoms with E-state index in [-0.39, 0.29) is 54.7 Å². The van der Waals surface area contributed by atoms with Gasteiger partial charge in [-0.05, 0) is 76.6 Å². The minimum absolute atomic E-state index is 0.0192. The number of nitrogens with zero attached hydrogens (tertiary/aromatic N) is 6. The fourth-order valence-electron chi connectivity index (χ4n) is 6.11. The Kier molecular flexibility index (Phi) is 7.63. The van der Waals surface area contributed by atoms with Crippen LogP contribution in [-0.4, -0.2) is 76.8 Å². The number of carbonyl (C=O) groups is 1. The zero-order valence-electron chi connectivity index (χ0n) is 24.5. The summed E-state index contributed by atoms with van der Waals surface area (Å²) in [6, 6.07) is 5.99. The Morgan fingerprint density at radius 1 is 1.11 bits per heavy atom. The molecule has 1 saturated heterocycles. The van der Waals surface area contributed by atoms with Crippen molar-refractivity contribution in [3.8, 4) is 11.7 Å². The second-order valence-corrected chi connectivity index (χ2v) is 14.0. The summed E-state index contributed by atoms with van der Waals surface area (Å²) < 4.78 is 76.4. The van der Waals surface area contributed by atoms with E-state index in [1.807, 2.05) is 4.90 Å². The van der Waals surface area contributed by atoms with Gasteiger partial charge >= 0.3 is 6.18 Å².